The third kappa shape index (κ3) is 2.13. The molecule has 2 rings (SSSR count). The number of nitrogens with one attached hydrogen (secondary N) is 1. The van der Waals surface area contributed by atoms with Crippen LogP contribution in [-0.4, -0.2) is 22.8 Å². The number of carbonyl (C=O) groups excluding carboxylic acids is 1. The van der Waals surface area contributed by atoms with Crippen LogP contribution in [0, 0.1) is 5.92 Å². The number of rotatable bonds is 4. The molecule has 0 amide bonds. The Hall–Kier alpha value is -1.32. The number of hydrogen-bond acceptors (Lipinski definition) is 3. The summed E-state index contributed by atoms with van der Waals surface area (Å²) in [7, 11) is 0. The fraction of sp³-hybridized carbons (Fsp3) is 0.600. The molecular formula is C10H14N2O2. The van der Waals surface area contributed by atoms with Gasteiger partial charge >= 0.3 is 5.97 Å². The van der Waals surface area contributed by atoms with E-state index >= 15 is 0 Å². The number of aromatic nitrogens is 2. The summed E-state index contributed by atoms with van der Waals surface area (Å²) in [6.07, 6.45) is 3.61. The van der Waals surface area contributed by atoms with Gasteiger partial charge in [-0.1, -0.05) is 0 Å². The molecule has 4 heteroatoms. The van der Waals surface area contributed by atoms with E-state index in [0.717, 1.165) is 18.0 Å². The molecule has 0 radical (unpaired) electrons. The van der Waals surface area contributed by atoms with Crippen LogP contribution in [0.2, 0.25) is 0 Å². The van der Waals surface area contributed by atoms with Crippen molar-refractivity contribution >= 4 is 5.97 Å². The lowest BCUT2D eigenvalue weighted by Gasteiger charge is -1.95. The highest BCUT2D eigenvalue weighted by Gasteiger charge is 2.23. The van der Waals surface area contributed by atoms with Crippen molar-refractivity contribution < 1.29 is 9.53 Å². The number of carbonyl (C=O) groups is 1. The van der Waals surface area contributed by atoms with Gasteiger partial charge in [0, 0.05) is 5.69 Å². The molecule has 1 aromatic rings. The summed E-state index contributed by atoms with van der Waals surface area (Å²) in [6, 6.07) is 1.79. The minimum Gasteiger partial charge on any atom is -0.461 e. The topological polar surface area (TPSA) is 55.0 Å². The third-order valence-electron chi connectivity index (χ3n) is 2.32. The number of H-pyrrole nitrogens is 1. The predicted molar refractivity (Wildman–Crippen MR) is 51.0 cm³/mol. The highest BCUT2D eigenvalue weighted by atomic mass is 16.5. The van der Waals surface area contributed by atoms with E-state index in [2.05, 4.69) is 10.2 Å². The van der Waals surface area contributed by atoms with E-state index in [0.29, 0.717) is 12.3 Å². The molecule has 1 aliphatic carbocycles. The van der Waals surface area contributed by atoms with Crippen LogP contribution in [0.4, 0.5) is 0 Å². The second-order valence-electron chi connectivity index (χ2n) is 3.65. The van der Waals surface area contributed by atoms with Crippen LogP contribution < -0.4 is 0 Å². The zero-order chi connectivity index (χ0) is 9.97. The molecule has 1 heterocycles. The van der Waals surface area contributed by atoms with E-state index < -0.39 is 0 Å². The van der Waals surface area contributed by atoms with E-state index in [1.54, 1.807) is 13.0 Å². The zero-order valence-corrected chi connectivity index (χ0v) is 8.25. The average molecular weight is 194 g/mol. The molecule has 0 bridgehead atoms. The normalized spacial score (nSPS) is 15.5. The minimum atomic E-state index is -0.342. The lowest BCUT2D eigenvalue weighted by molar-refractivity contribution is 0.0519. The van der Waals surface area contributed by atoms with Gasteiger partial charge in [0.05, 0.1) is 6.61 Å². The summed E-state index contributed by atoms with van der Waals surface area (Å²) in [5, 5.41) is 6.78. The van der Waals surface area contributed by atoms with E-state index in [-0.39, 0.29) is 5.97 Å². The SMILES string of the molecule is CCOC(=O)c1cc(CC2CC2)[nH]n1. The Labute approximate surface area is 82.7 Å². The Kier molecular flexibility index (Phi) is 2.52. The van der Waals surface area contributed by atoms with Crippen molar-refractivity contribution in [1.82, 2.24) is 10.2 Å². The molecule has 1 N–H and O–H groups in total. The van der Waals surface area contributed by atoms with Crippen LogP contribution in [0.15, 0.2) is 6.07 Å². The van der Waals surface area contributed by atoms with Gasteiger partial charge in [-0.3, -0.25) is 5.10 Å². The molecule has 14 heavy (non-hydrogen) atoms. The predicted octanol–water partition coefficient (Wildman–Crippen LogP) is 1.54. The molecule has 76 valence electrons. The first-order chi connectivity index (χ1) is 6.79. The number of aromatic amines is 1. The Morgan fingerprint density at radius 1 is 1.71 bits per heavy atom. The van der Waals surface area contributed by atoms with Crippen molar-refractivity contribution in [3.05, 3.63) is 17.5 Å². The summed E-state index contributed by atoms with van der Waals surface area (Å²) < 4.78 is 4.84. The van der Waals surface area contributed by atoms with Gasteiger partial charge < -0.3 is 4.74 Å². The molecule has 0 spiro atoms. The number of ether oxygens (including phenoxy) is 1. The second kappa shape index (κ2) is 3.82. The summed E-state index contributed by atoms with van der Waals surface area (Å²) >= 11 is 0. The molecule has 1 saturated carbocycles. The summed E-state index contributed by atoms with van der Waals surface area (Å²) in [4.78, 5) is 11.3. The van der Waals surface area contributed by atoms with Crippen molar-refractivity contribution in [1.29, 1.82) is 0 Å². The van der Waals surface area contributed by atoms with Crippen molar-refractivity contribution in [2.45, 2.75) is 26.2 Å². The van der Waals surface area contributed by atoms with Crippen LogP contribution in [0.3, 0.4) is 0 Å². The molecule has 4 nitrogen and oxygen atoms in total. The van der Waals surface area contributed by atoms with Crippen LogP contribution >= 0.6 is 0 Å². The van der Waals surface area contributed by atoms with Crippen molar-refractivity contribution in [2.24, 2.45) is 5.92 Å². The van der Waals surface area contributed by atoms with Crippen molar-refractivity contribution in [3.8, 4) is 0 Å². The molecule has 0 aromatic carbocycles. The summed E-state index contributed by atoms with van der Waals surface area (Å²) in [5.74, 6) is 0.455. The van der Waals surface area contributed by atoms with Crippen LogP contribution in [-0.2, 0) is 11.2 Å². The van der Waals surface area contributed by atoms with Gasteiger partial charge in [-0.05, 0) is 38.2 Å². The fourth-order valence-electron chi connectivity index (χ4n) is 1.41. The lowest BCUT2D eigenvalue weighted by atomic mass is 10.2. The van der Waals surface area contributed by atoms with E-state index in [4.69, 9.17) is 4.74 Å². The lowest BCUT2D eigenvalue weighted by Crippen LogP contribution is -2.04. The Morgan fingerprint density at radius 3 is 3.14 bits per heavy atom. The molecular weight excluding hydrogens is 180 g/mol. The molecule has 0 unspecified atom stereocenters. The van der Waals surface area contributed by atoms with Crippen LogP contribution in [0.1, 0.15) is 35.9 Å². The summed E-state index contributed by atoms with van der Waals surface area (Å²) in [6.45, 7) is 2.18. The highest BCUT2D eigenvalue weighted by molar-refractivity contribution is 5.87. The second-order valence-corrected chi connectivity index (χ2v) is 3.65. The van der Waals surface area contributed by atoms with E-state index in [9.17, 15) is 4.79 Å². The first-order valence-electron chi connectivity index (χ1n) is 5.01. The number of esters is 1. The van der Waals surface area contributed by atoms with Gasteiger partial charge in [0.15, 0.2) is 5.69 Å². The van der Waals surface area contributed by atoms with Crippen molar-refractivity contribution in [3.63, 3.8) is 0 Å². The molecule has 0 atom stereocenters. The fourth-order valence-corrected chi connectivity index (χ4v) is 1.41. The van der Waals surface area contributed by atoms with Gasteiger partial charge in [-0.25, -0.2) is 4.79 Å². The first-order valence-corrected chi connectivity index (χ1v) is 5.01. The summed E-state index contributed by atoms with van der Waals surface area (Å²) in [5.41, 5.74) is 1.43. The monoisotopic (exact) mass is 194 g/mol. The average Bonchev–Trinajstić information content (AvgIpc) is 2.82. The number of nitrogens with zero attached hydrogens (tertiary/aromatic N) is 1. The van der Waals surface area contributed by atoms with Gasteiger partial charge in [-0.15, -0.1) is 0 Å². The minimum absolute atomic E-state index is 0.342. The maximum atomic E-state index is 11.3. The van der Waals surface area contributed by atoms with Crippen molar-refractivity contribution in [2.75, 3.05) is 6.61 Å². The molecule has 1 fully saturated rings. The van der Waals surface area contributed by atoms with Gasteiger partial charge in [0.2, 0.25) is 0 Å². The van der Waals surface area contributed by atoms with Gasteiger partial charge in [0.25, 0.3) is 0 Å². The molecule has 0 saturated heterocycles. The Morgan fingerprint density at radius 2 is 2.50 bits per heavy atom. The maximum Gasteiger partial charge on any atom is 0.358 e. The quantitative estimate of drug-likeness (QED) is 0.740. The first kappa shape index (κ1) is 9.24. The molecule has 1 aliphatic rings. The molecule has 1 aromatic heterocycles. The van der Waals surface area contributed by atoms with E-state index in [1.807, 2.05) is 0 Å². The Bertz CT molecular complexity index is 329. The van der Waals surface area contributed by atoms with Gasteiger partial charge in [0.1, 0.15) is 0 Å². The van der Waals surface area contributed by atoms with E-state index in [1.165, 1.54) is 12.8 Å². The zero-order valence-electron chi connectivity index (χ0n) is 8.25. The highest BCUT2D eigenvalue weighted by Crippen LogP contribution is 2.32. The largest absolute Gasteiger partial charge is 0.461 e. The van der Waals surface area contributed by atoms with Crippen LogP contribution in [0.25, 0.3) is 0 Å². The maximum absolute atomic E-state index is 11.3. The van der Waals surface area contributed by atoms with Gasteiger partial charge in [-0.2, -0.15) is 5.10 Å². The number of hydrogen-bond donors (Lipinski definition) is 1. The smallest absolute Gasteiger partial charge is 0.358 e. The standard InChI is InChI=1S/C10H14N2O2/c1-2-14-10(13)9-6-8(11-12-9)5-7-3-4-7/h6-7H,2-5H2,1H3,(H,11,12). The third-order valence-corrected chi connectivity index (χ3v) is 2.32. The Balaban J connectivity index is 1.97. The van der Waals surface area contributed by atoms with Crippen LogP contribution in [0.5, 0.6) is 0 Å². The molecule has 0 aliphatic heterocycles.